The van der Waals surface area contributed by atoms with Gasteiger partial charge in [0.1, 0.15) is 0 Å². The second-order valence-electron chi connectivity index (χ2n) is 7.33. The van der Waals surface area contributed by atoms with Gasteiger partial charge in [-0.1, -0.05) is 63.3 Å². The largest absolute Gasteiger partial charge is 0.336 e. The van der Waals surface area contributed by atoms with Crippen LogP contribution in [0.4, 0.5) is 0 Å². The summed E-state index contributed by atoms with van der Waals surface area (Å²) >= 11 is 0. The SMILES string of the molecule is CCCCCCCCc1ccc(CCC(N)CS(=O)(=O)c2cnc[nH]2)cc1. The molecule has 0 spiro atoms. The van der Waals surface area contributed by atoms with Crippen LogP contribution in [0.1, 0.15) is 63.0 Å². The molecule has 0 fully saturated rings. The highest BCUT2D eigenvalue weighted by Crippen LogP contribution is 2.14. The van der Waals surface area contributed by atoms with Crippen molar-refractivity contribution in [3.8, 4) is 0 Å². The molecule has 0 aliphatic heterocycles. The highest BCUT2D eigenvalue weighted by atomic mass is 32.2. The molecule has 1 heterocycles. The quantitative estimate of drug-likeness (QED) is 0.504. The summed E-state index contributed by atoms with van der Waals surface area (Å²) in [6.07, 6.45) is 13.1. The summed E-state index contributed by atoms with van der Waals surface area (Å²) in [5, 5.41) is 0.136. The lowest BCUT2D eigenvalue weighted by Crippen LogP contribution is -2.30. The maximum Gasteiger partial charge on any atom is 0.196 e. The van der Waals surface area contributed by atoms with E-state index < -0.39 is 9.84 Å². The normalized spacial score (nSPS) is 13.0. The van der Waals surface area contributed by atoms with Crippen LogP contribution in [-0.4, -0.2) is 30.2 Å². The van der Waals surface area contributed by atoms with Crippen LogP contribution in [0.5, 0.6) is 0 Å². The highest BCUT2D eigenvalue weighted by molar-refractivity contribution is 7.91. The van der Waals surface area contributed by atoms with Gasteiger partial charge in [-0.25, -0.2) is 13.4 Å². The summed E-state index contributed by atoms with van der Waals surface area (Å²) in [4.78, 5) is 6.40. The molecule has 6 heteroatoms. The maximum atomic E-state index is 12.2. The Labute approximate surface area is 163 Å². The standard InChI is InChI=1S/C21H33N3O2S/c1-2-3-4-5-6-7-8-18-9-11-19(12-10-18)13-14-20(22)16-27(25,26)21-15-23-17-24-21/h9-12,15,17,20H,2-8,13-14,16,22H2,1H3,(H,23,24). The molecule has 2 aromatic rings. The summed E-state index contributed by atoms with van der Waals surface area (Å²) in [5.74, 6) is -0.0642. The van der Waals surface area contributed by atoms with Crippen LogP contribution in [0.25, 0.3) is 0 Å². The first kappa shape index (κ1) is 21.6. The Morgan fingerprint density at radius 3 is 2.26 bits per heavy atom. The minimum Gasteiger partial charge on any atom is -0.336 e. The van der Waals surface area contributed by atoms with Gasteiger partial charge >= 0.3 is 0 Å². The van der Waals surface area contributed by atoms with Gasteiger partial charge in [0.15, 0.2) is 14.9 Å². The monoisotopic (exact) mass is 391 g/mol. The van der Waals surface area contributed by atoms with Crippen LogP contribution in [0.3, 0.4) is 0 Å². The van der Waals surface area contributed by atoms with E-state index in [1.54, 1.807) is 0 Å². The molecular weight excluding hydrogens is 358 g/mol. The van der Waals surface area contributed by atoms with Crippen LogP contribution in [0.15, 0.2) is 41.8 Å². The van der Waals surface area contributed by atoms with Crippen molar-refractivity contribution in [3.63, 3.8) is 0 Å². The fourth-order valence-electron chi connectivity index (χ4n) is 3.20. The molecule has 1 aromatic carbocycles. The molecule has 150 valence electrons. The molecule has 3 N–H and O–H groups in total. The van der Waals surface area contributed by atoms with Gasteiger partial charge in [-0.15, -0.1) is 0 Å². The highest BCUT2D eigenvalue weighted by Gasteiger charge is 2.20. The first-order valence-corrected chi connectivity index (χ1v) is 11.7. The van der Waals surface area contributed by atoms with Crippen LogP contribution in [0.2, 0.25) is 0 Å². The van der Waals surface area contributed by atoms with Crippen LogP contribution in [-0.2, 0) is 22.7 Å². The first-order valence-electron chi connectivity index (χ1n) is 10.1. The minimum absolute atomic E-state index is 0.0642. The zero-order chi connectivity index (χ0) is 19.5. The molecule has 0 saturated carbocycles. The Balaban J connectivity index is 1.70. The lowest BCUT2D eigenvalue weighted by molar-refractivity contribution is 0.576. The van der Waals surface area contributed by atoms with Crippen molar-refractivity contribution in [2.75, 3.05) is 5.75 Å². The zero-order valence-corrected chi connectivity index (χ0v) is 17.2. The van der Waals surface area contributed by atoms with Crippen molar-refractivity contribution >= 4 is 9.84 Å². The summed E-state index contributed by atoms with van der Waals surface area (Å²) < 4.78 is 24.4. The minimum atomic E-state index is -3.39. The summed E-state index contributed by atoms with van der Waals surface area (Å²) in [7, 11) is -3.39. The predicted molar refractivity (Wildman–Crippen MR) is 110 cm³/mol. The molecule has 0 radical (unpaired) electrons. The molecule has 0 saturated heterocycles. The van der Waals surface area contributed by atoms with E-state index in [2.05, 4.69) is 41.2 Å². The summed E-state index contributed by atoms with van der Waals surface area (Å²) in [6, 6.07) is 8.27. The molecule has 0 aliphatic carbocycles. The average Bonchev–Trinajstić information content (AvgIpc) is 3.19. The number of rotatable bonds is 13. The summed E-state index contributed by atoms with van der Waals surface area (Å²) in [6.45, 7) is 2.24. The van der Waals surface area contributed by atoms with Gasteiger partial charge in [-0.3, -0.25) is 0 Å². The molecule has 1 unspecified atom stereocenters. The van der Waals surface area contributed by atoms with Crippen LogP contribution in [0, 0.1) is 0 Å². The topological polar surface area (TPSA) is 88.8 Å². The Bertz CT molecular complexity index is 740. The number of nitrogens with zero attached hydrogens (tertiary/aromatic N) is 1. The molecule has 0 bridgehead atoms. The van der Waals surface area contributed by atoms with Gasteiger partial charge in [-0.2, -0.15) is 0 Å². The number of aromatic amines is 1. The number of aryl methyl sites for hydroxylation is 2. The van der Waals surface area contributed by atoms with Gasteiger partial charge in [0.05, 0.1) is 18.3 Å². The van der Waals surface area contributed by atoms with Crippen molar-refractivity contribution in [1.82, 2.24) is 9.97 Å². The van der Waals surface area contributed by atoms with Crippen molar-refractivity contribution in [1.29, 1.82) is 0 Å². The number of hydrogen-bond donors (Lipinski definition) is 2. The van der Waals surface area contributed by atoms with Gasteiger partial charge in [-0.05, 0) is 36.8 Å². The molecular formula is C21H33N3O2S. The number of unbranched alkanes of at least 4 members (excludes halogenated alkanes) is 5. The van der Waals surface area contributed by atoms with E-state index in [0.29, 0.717) is 6.42 Å². The first-order chi connectivity index (χ1) is 13.0. The number of nitrogens with one attached hydrogen (secondary N) is 1. The molecule has 2 rings (SSSR count). The van der Waals surface area contributed by atoms with Gasteiger partial charge in [0, 0.05) is 6.04 Å². The van der Waals surface area contributed by atoms with Crippen molar-refractivity contribution in [2.45, 2.75) is 75.8 Å². The molecule has 1 aromatic heterocycles. The third kappa shape index (κ3) is 7.85. The molecule has 27 heavy (non-hydrogen) atoms. The van der Waals surface area contributed by atoms with Crippen molar-refractivity contribution in [3.05, 3.63) is 47.9 Å². The number of H-pyrrole nitrogens is 1. The second kappa shape index (κ2) is 11.2. The van der Waals surface area contributed by atoms with Gasteiger partial charge < -0.3 is 10.7 Å². The lowest BCUT2D eigenvalue weighted by atomic mass is 10.0. The van der Waals surface area contributed by atoms with Crippen LogP contribution >= 0.6 is 0 Å². The van der Waals surface area contributed by atoms with E-state index in [9.17, 15) is 8.42 Å². The Morgan fingerprint density at radius 1 is 1.00 bits per heavy atom. The maximum absolute atomic E-state index is 12.2. The summed E-state index contributed by atoms with van der Waals surface area (Å²) in [5.41, 5.74) is 8.63. The van der Waals surface area contributed by atoms with E-state index >= 15 is 0 Å². The predicted octanol–water partition coefficient (Wildman–Crippen LogP) is 4.05. The van der Waals surface area contributed by atoms with E-state index in [-0.39, 0.29) is 16.8 Å². The number of aromatic nitrogens is 2. The van der Waals surface area contributed by atoms with E-state index in [1.165, 1.54) is 62.2 Å². The fraction of sp³-hybridized carbons (Fsp3) is 0.571. The Hall–Kier alpha value is -1.66. The number of sulfone groups is 1. The Morgan fingerprint density at radius 2 is 1.63 bits per heavy atom. The van der Waals surface area contributed by atoms with Crippen molar-refractivity contribution in [2.24, 2.45) is 5.73 Å². The van der Waals surface area contributed by atoms with Gasteiger partial charge in [0.25, 0.3) is 0 Å². The molecule has 5 nitrogen and oxygen atoms in total. The lowest BCUT2D eigenvalue weighted by Gasteiger charge is -2.11. The smallest absolute Gasteiger partial charge is 0.196 e. The van der Waals surface area contributed by atoms with E-state index in [1.807, 2.05) is 0 Å². The third-order valence-corrected chi connectivity index (χ3v) is 6.65. The average molecular weight is 392 g/mol. The van der Waals surface area contributed by atoms with E-state index in [0.717, 1.165) is 12.8 Å². The number of hydrogen-bond acceptors (Lipinski definition) is 4. The second-order valence-corrected chi connectivity index (χ2v) is 9.33. The van der Waals surface area contributed by atoms with Crippen LogP contribution < -0.4 is 5.73 Å². The van der Waals surface area contributed by atoms with Gasteiger partial charge in [0.2, 0.25) is 0 Å². The molecule has 1 atom stereocenters. The molecule has 0 aliphatic rings. The molecule has 0 amide bonds. The van der Waals surface area contributed by atoms with E-state index in [4.69, 9.17) is 5.73 Å². The zero-order valence-electron chi connectivity index (χ0n) is 16.4. The number of benzene rings is 1. The van der Waals surface area contributed by atoms with Crippen molar-refractivity contribution < 1.29 is 8.42 Å². The number of imidazole rings is 1. The Kier molecular flexibility index (Phi) is 9.01. The fourth-order valence-corrected chi connectivity index (χ4v) is 4.57. The number of nitrogens with two attached hydrogens (primary N) is 1. The third-order valence-electron chi connectivity index (χ3n) is 4.89.